The van der Waals surface area contributed by atoms with Gasteiger partial charge in [0.1, 0.15) is 11.5 Å². The molecule has 33 heavy (non-hydrogen) atoms. The Morgan fingerprint density at radius 1 is 1.12 bits per heavy atom. The number of nitrogens with zero attached hydrogens (tertiary/aromatic N) is 1. The van der Waals surface area contributed by atoms with Gasteiger partial charge >= 0.3 is 0 Å². The van der Waals surface area contributed by atoms with Gasteiger partial charge in [0.15, 0.2) is 15.0 Å². The van der Waals surface area contributed by atoms with Crippen molar-refractivity contribution in [1.82, 2.24) is 5.32 Å². The first-order valence-electron chi connectivity index (χ1n) is 10.6. The highest BCUT2D eigenvalue weighted by Crippen LogP contribution is 2.34. The number of benzene rings is 2. The Morgan fingerprint density at radius 2 is 1.91 bits per heavy atom. The molecular formula is C23H27N3O5S2. The summed E-state index contributed by atoms with van der Waals surface area (Å²) in [6.07, 6.45) is 0.922. The molecule has 10 heteroatoms. The van der Waals surface area contributed by atoms with E-state index in [0.29, 0.717) is 13.0 Å². The van der Waals surface area contributed by atoms with Crippen molar-refractivity contribution in [3.63, 3.8) is 0 Å². The van der Waals surface area contributed by atoms with Gasteiger partial charge in [-0.15, -0.1) is 0 Å². The van der Waals surface area contributed by atoms with Gasteiger partial charge < -0.3 is 20.1 Å². The summed E-state index contributed by atoms with van der Waals surface area (Å²) in [5.74, 6) is 1.79. The molecule has 2 heterocycles. The van der Waals surface area contributed by atoms with Gasteiger partial charge in [0.05, 0.1) is 38.2 Å². The molecule has 2 aliphatic rings. The van der Waals surface area contributed by atoms with Crippen molar-refractivity contribution in [2.75, 3.05) is 37.6 Å². The molecule has 0 radical (unpaired) electrons. The van der Waals surface area contributed by atoms with Gasteiger partial charge in [-0.3, -0.25) is 9.79 Å². The average molecular weight is 490 g/mol. The number of carbonyl (C=O) groups excluding carboxylic acids is 1. The van der Waals surface area contributed by atoms with E-state index in [1.54, 1.807) is 14.2 Å². The summed E-state index contributed by atoms with van der Waals surface area (Å²) >= 11 is 1.48. The third kappa shape index (κ3) is 6.00. The molecule has 2 atom stereocenters. The molecule has 0 unspecified atom stereocenters. The highest BCUT2D eigenvalue weighted by atomic mass is 32.2. The number of hydrogen-bond acceptors (Lipinski definition) is 8. The Kier molecular flexibility index (Phi) is 7.14. The van der Waals surface area contributed by atoms with Crippen molar-refractivity contribution in [2.24, 2.45) is 4.99 Å². The van der Waals surface area contributed by atoms with Crippen LogP contribution in [0.5, 0.6) is 11.5 Å². The number of aliphatic imine (C=N–C) groups is 1. The number of carbonyl (C=O) groups is 1. The molecule has 0 bridgehead atoms. The molecule has 1 amide bonds. The topological polar surface area (TPSA) is 106 Å². The average Bonchev–Trinajstić information content (AvgIpc) is 3.27. The van der Waals surface area contributed by atoms with E-state index in [9.17, 15) is 13.2 Å². The Morgan fingerprint density at radius 3 is 2.61 bits per heavy atom. The molecule has 8 nitrogen and oxygen atoms in total. The zero-order chi connectivity index (χ0) is 23.4. The fourth-order valence-electron chi connectivity index (χ4n) is 3.91. The number of nitrogens with one attached hydrogen (secondary N) is 2. The van der Waals surface area contributed by atoms with Crippen LogP contribution in [0.4, 0.5) is 5.69 Å². The first-order valence-corrected chi connectivity index (χ1v) is 13.3. The molecule has 2 aromatic carbocycles. The van der Waals surface area contributed by atoms with Crippen LogP contribution in [0.3, 0.4) is 0 Å². The summed E-state index contributed by atoms with van der Waals surface area (Å²) in [5.41, 5.74) is 2.74. The van der Waals surface area contributed by atoms with Gasteiger partial charge in [0.25, 0.3) is 0 Å². The summed E-state index contributed by atoms with van der Waals surface area (Å²) in [4.78, 5) is 16.9. The maximum absolute atomic E-state index is 12.4. The molecule has 0 aliphatic carbocycles. The van der Waals surface area contributed by atoms with Crippen LogP contribution in [-0.4, -0.2) is 63.1 Å². The number of methoxy groups -OCH3 is 2. The SMILES string of the molecule is COc1ccc(OC)c(CCNC(=O)Cc2ccc(NC3=N[C@@H]4CS(=O)(=O)C[C@H]4S3)cc2)c1. The number of hydrogen-bond donors (Lipinski definition) is 2. The van der Waals surface area contributed by atoms with Crippen molar-refractivity contribution >= 4 is 38.4 Å². The number of thioether (sulfide) groups is 1. The number of amides is 1. The lowest BCUT2D eigenvalue weighted by atomic mass is 10.1. The van der Waals surface area contributed by atoms with Crippen LogP contribution in [-0.2, 0) is 27.5 Å². The van der Waals surface area contributed by atoms with Crippen LogP contribution in [0, 0.1) is 0 Å². The molecule has 0 spiro atoms. The van der Waals surface area contributed by atoms with Crippen molar-refractivity contribution in [3.8, 4) is 11.5 Å². The maximum atomic E-state index is 12.4. The lowest BCUT2D eigenvalue weighted by molar-refractivity contribution is -0.120. The van der Waals surface area contributed by atoms with E-state index >= 15 is 0 Å². The molecule has 2 aromatic rings. The van der Waals surface area contributed by atoms with E-state index in [1.165, 1.54) is 11.8 Å². The van der Waals surface area contributed by atoms with Crippen LogP contribution in [0.1, 0.15) is 11.1 Å². The number of rotatable bonds is 8. The predicted molar refractivity (Wildman–Crippen MR) is 131 cm³/mol. The highest BCUT2D eigenvalue weighted by molar-refractivity contribution is 8.15. The minimum absolute atomic E-state index is 0.0115. The van der Waals surface area contributed by atoms with Crippen molar-refractivity contribution in [2.45, 2.75) is 24.1 Å². The fourth-order valence-corrected chi connectivity index (χ4v) is 7.58. The maximum Gasteiger partial charge on any atom is 0.224 e. The largest absolute Gasteiger partial charge is 0.497 e. The number of ether oxygens (including phenoxy) is 2. The van der Waals surface area contributed by atoms with Gasteiger partial charge in [-0.1, -0.05) is 23.9 Å². The van der Waals surface area contributed by atoms with Crippen molar-refractivity contribution in [1.29, 1.82) is 0 Å². The lowest BCUT2D eigenvalue weighted by Crippen LogP contribution is -2.27. The number of anilines is 1. The Balaban J connectivity index is 1.24. The molecule has 2 aliphatic heterocycles. The molecule has 2 N–H and O–H groups in total. The first kappa shape index (κ1) is 23.4. The molecule has 1 fully saturated rings. The van der Waals surface area contributed by atoms with E-state index in [1.807, 2.05) is 42.5 Å². The summed E-state index contributed by atoms with van der Waals surface area (Å²) in [6, 6.07) is 13.1. The molecule has 1 saturated heterocycles. The van der Waals surface area contributed by atoms with Gasteiger partial charge in [-0.25, -0.2) is 8.42 Å². The van der Waals surface area contributed by atoms with E-state index in [2.05, 4.69) is 15.6 Å². The Labute approximate surface area is 198 Å². The van der Waals surface area contributed by atoms with Crippen LogP contribution in [0.15, 0.2) is 47.5 Å². The molecular weight excluding hydrogens is 462 g/mol. The van der Waals surface area contributed by atoms with Crippen LogP contribution < -0.4 is 20.1 Å². The standard InChI is InChI=1S/C23H27N3O5S2/c1-30-18-7-8-20(31-2)16(12-18)9-10-24-22(27)11-15-3-5-17(6-4-15)25-23-26-19-13-33(28,29)14-21(19)32-23/h3-8,12,19,21H,9-11,13-14H2,1-2H3,(H,24,27)(H,25,26)/t19-,21-/m1/s1. The summed E-state index contributed by atoms with van der Waals surface area (Å²) in [7, 11) is 0.285. The van der Waals surface area contributed by atoms with E-state index in [4.69, 9.17) is 9.47 Å². The van der Waals surface area contributed by atoms with Crippen LogP contribution in [0.25, 0.3) is 0 Å². The first-order chi connectivity index (χ1) is 15.8. The number of amidine groups is 1. The molecule has 0 aromatic heterocycles. The normalized spacial score (nSPS) is 20.6. The number of sulfone groups is 1. The fraction of sp³-hybridized carbons (Fsp3) is 0.391. The third-order valence-electron chi connectivity index (χ3n) is 5.59. The molecule has 176 valence electrons. The van der Waals surface area contributed by atoms with Gasteiger partial charge in [0.2, 0.25) is 5.91 Å². The van der Waals surface area contributed by atoms with Gasteiger partial charge in [0, 0.05) is 17.5 Å². The molecule has 0 saturated carbocycles. The third-order valence-corrected chi connectivity index (χ3v) is 8.73. The second-order valence-corrected chi connectivity index (χ2v) is 11.4. The second kappa shape index (κ2) is 10.0. The highest BCUT2D eigenvalue weighted by Gasteiger charge is 2.42. The van der Waals surface area contributed by atoms with Gasteiger partial charge in [-0.2, -0.15) is 0 Å². The Hall–Kier alpha value is -2.72. The predicted octanol–water partition coefficient (Wildman–Crippen LogP) is 2.29. The minimum atomic E-state index is -2.95. The Bertz CT molecular complexity index is 1150. The lowest BCUT2D eigenvalue weighted by Gasteiger charge is -2.11. The zero-order valence-electron chi connectivity index (χ0n) is 18.5. The van der Waals surface area contributed by atoms with E-state index < -0.39 is 9.84 Å². The van der Waals surface area contributed by atoms with Crippen molar-refractivity contribution in [3.05, 3.63) is 53.6 Å². The van der Waals surface area contributed by atoms with E-state index in [0.717, 1.165) is 33.5 Å². The van der Waals surface area contributed by atoms with E-state index in [-0.39, 0.29) is 35.1 Å². The zero-order valence-corrected chi connectivity index (χ0v) is 20.2. The van der Waals surface area contributed by atoms with Crippen molar-refractivity contribution < 1.29 is 22.7 Å². The minimum Gasteiger partial charge on any atom is -0.497 e. The summed E-state index contributed by atoms with van der Waals surface area (Å²) < 4.78 is 34.0. The van der Waals surface area contributed by atoms with Crippen LogP contribution >= 0.6 is 11.8 Å². The van der Waals surface area contributed by atoms with Crippen LogP contribution in [0.2, 0.25) is 0 Å². The van der Waals surface area contributed by atoms with Gasteiger partial charge in [-0.05, 0) is 47.9 Å². The number of fused-ring (bicyclic) bond motifs is 1. The second-order valence-electron chi connectivity index (χ2n) is 8.01. The quantitative estimate of drug-likeness (QED) is 0.586. The molecule has 4 rings (SSSR count). The summed E-state index contributed by atoms with van der Waals surface area (Å²) in [5, 5.41) is 6.95. The smallest absolute Gasteiger partial charge is 0.224 e. The summed E-state index contributed by atoms with van der Waals surface area (Å²) in [6.45, 7) is 0.497. The monoisotopic (exact) mass is 489 g/mol.